The van der Waals surface area contributed by atoms with Crippen molar-refractivity contribution in [2.45, 2.75) is 78.6 Å². The van der Waals surface area contributed by atoms with Gasteiger partial charge < -0.3 is 39.9 Å². The number of imidazole rings is 2. The first-order valence-electron chi connectivity index (χ1n) is 16.8. The van der Waals surface area contributed by atoms with Crippen LogP contribution in [0, 0.1) is 23.7 Å². The van der Waals surface area contributed by atoms with Gasteiger partial charge in [-0.2, -0.15) is 0 Å². The maximum Gasteiger partial charge on any atom is 0.407 e. The van der Waals surface area contributed by atoms with Crippen molar-refractivity contribution >= 4 is 35.3 Å². The van der Waals surface area contributed by atoms with Crippen molar-refractivity contribution in [3.8, 4) is 21.1 Å². The number of ether oxygens (including phenoxy) is 2. The van der Waals surface area contributed by atoms with Gasteiger partial charge in [-0.3, -0.25) is 9.59 Å². The molecule has 2 saturated heterocycles. The van der Waals surface area contributed by atoms with Crippen LogP contribution >= 0.6 is 11.3 Å². The molecule has 49 heavy (non-hydrogen) atoms. The zero-order valence-corrected chi connectivity index (χ0v) is 30.2. The summed E-state index contributed by atoms with van der Waals surface area (Å²) in [5.41, 5.74) is 1.53. The summed E-state index contributed by atoms with van der Waals surface area (Å²) in [6, 6.07) is 2.09. The summed E-state index contributed by atoms with van der Waals surface area (Å²) in [5.74, 6) is 1.38. The van der Waals surface area contributed by atoms with Gasteiger partial charge in [0.25, 0.3) is 0 Å². The molecule has 5 heterocycles. The van der Waals surface area contributed by atoms with Gasteiger partial charge in [0.2, 0.25) is 11.8 Å². The summed E-state index contributed by atoms with van der Waals surface area (Å²) in [7, 11) is 2.57. The number of likely N-dealkylation sites (tertiary alicyclic amines) is 2. The highest BCUT2D eigenvalue weighted by molar-refractivity contribution is 7.18. The number of methoxy groups -OCH3 is 2. The van der Waals surface area contributed by atoms with Crippen molar-refractivity contribution in [1.29, 1.82) is 0 Å². The van der Waals surface area contributed by atoms with Crippen LogP contribution in [0.5, 0.6) is 0 Å². The molecule has 3 aromatic heterocycles. The predicted octanol–water partition coefficient (Wildman–Crippen LogP) is 5.11. The second kappa shape index (κ2) is 15.0. The first kappa shape index (κ1) is 35.9. The highest BCUT2D eigenvalue weighted by Gasteiger charge is 2.41. The van der Waals surface area contributed by atoms with Crippen molar-refractivity contribution < 1.29 is 28.7 Å². The minimum atomic E-state index is -0.709. The maximum atomic E-state index is 13.7. The van der Waals surface area contributed by atoms with Crippen molar-refractivity contribution in [2.24, 2.45) is 23.7 Å². The molecule has 0 bridgehead atoms. The zero-order valence-electron chi connectivity index (χ0n) is 29.4. The molecular weight excluding hydrogens is 648 g/mol. The van der Waals surface area contributed by atoms with Crippen LogP contribution in [0.3, 0.4) is 0 Å². The summed E-state index contributed by atoms with van der Waals surface area (Å²) >= 11 is 1.55. The van der Waals surface area contributed by atoms with Crippen molar-refractivity contribution in [3.63, 3.8) is 0 Å². The van der Waals surface area contributed by atoms with E-state index in [1.807, 2.05) is 62.0 Å². The number of hydrogen-bond donors (Lipinski definition) is 4. The summed E-state index contributed by atoms with van der Waals surface area (Å²) in [6.45, 7) is 12.9. The largest absolute Gasteiger partial charge is 0.453 e. The van der Waals surface area contributed by atoms with Crippen LogP contribution in [0.25, 0.3) is 21.1 Å². The van der Waals surface area contributed by atoms with Crippen molar-refractivity contribution in [1.82, 2.24) is 40.4 Å². The van der Waals surface area contributed by atoms with Crippen LogP contribution in [0.1, 0.15) is 78.1 Å². The Morgan fingerprint density at radius 3 is 1.49 bits per heavy atom. The Hall–Kier alpha value is -4.40. The molecule has 5 rings (SSSR count). The fourth-order valence-corrected chi connectivity index (χ4v) is 7.66. The number of alkyl carbamates (subject to hydrolysis) is 2. The molecule has 0 spiro atoms. The van der Waals surface area contributed by atoms with Crippen LogP contribution in [0.4, 0.5) is 9.59 Å². The third-order valence-electron chi connectivity index (χ3n) is 9.31. The third kappa shape index (κ3) is 7.76. The quantitative estimate of drug-likeness (QED) is 0.226. The van der Waals surface area contributed by atoms with Crippen LogP contribution in [0.15, 0.2) is 24.5 Å². The van der Waals surface area contributed by atoms with Gasteiger partial charge in [-0.15, -0.1) is 11.3 Å². The van der Waals surface area contributed by atoms with Gasteiger partial charge in [-0.25, -0.2) is 19.6 Å². The first-order chi connectivity index (χ1) is 23.3. The molecule has 6 atom stereocenters. The van der Waals surface area contributed by atoms with Crippen LogP contribution < -0.4 is 10.6 Å². The minimum absolute atomic E-state index is 0.122. The van der Waals surface area contributed by atoms with E-state index in [-0.39, 0.29) is 47.6 Å². The van der Waals surface area contributed by atoms with E-state index in [0.29, 0.717) is 24.7 Å². The molecule has 266 valence electrons. The van der Waals surface area contributed by atoms with Gasteiger partial charge in [-0.05, 0) is 48.6 Å². The molecule has 3 aromatic rings. The number of rotatable bonds is 10. The molecule has 15 heteroatoms. The molecule has 4 N–H and O–H groups in total. The molecule has 0 saturated carbocycles. The Balaban J connectivity index is 1.32. The van der Waals surface area contributed by atoms with Gasteiger partial charge in [0.1, 0.15) is 23.7 Å². The Bertz CT molecular complexity index is 1530. The van der Waals surface area contributed by atoms with Gasteiger partial charge >= 0.3 is 12.2 Å². The molecule has 0 aromatic carbocycles. The number of aromatic nitrogens is 4. The fourth-order valence-electron chi connectivity index (χ4n) is 6.73. The van der Waals surface area contributed by atoms with E-state index in [2.05, 4.69) is 34.4 Å². The van der Waals surface area contributed by atoms with E-state index in [4.69, 9.17) is 19.4 Å². The molecular formula is C34H48N8O6S. The van der Waals surface area contributed by atoms with Gasteiger partial charge in [0, 0.05) is 25.5 Å². The van der Waals surface area contributed by atoms with E-state index in [1.54, 1.807) is 11.3 Å². The lowest BCUT2D eigenvalue weighted by atomic mass is 10.0. The fraction of sp³-hybridized carbons (Fsp3) is 0.588. The van der Waals surface area contributed by atoms with Crippen molar-refractivity contribution in [3.05, 3.63) is 36.2 Å². The number of carbonyl (C=O) groups is 4. The molecule has 14 nitrogen and oxygen atoms in total. The van der Waals surface area contributed by atoms with Crippen LogP contribution in [-0.2, 0) is 19.1 Å². The van der Waals surface area contributed by atoms with Gasteiger partial charge in [0.15, 0.2) is 0 Å². The van der Waals surface area contributed by atoms with Gasteiger partial charge in [-0.1, -0.05) is 41.5 Å². The highest BCUT2D eigenvalue weighted by Crippen LogP contribution is 2.39. The second-order valence-electron chi connectivity index (χ2n) is 13.9. The number of nitrogens with zero attached hydrogens (tertiary/aromatic N) is 4. The Kier molecular flexibility index (Phi) is 11.0. The molecule has 4 amide bonds. The summed E-state index contributed by atoms with van der Waals surface area (Å²) < 4.78 is 9.53. The Morgan fingerprint density at radius 2 is 1.14 bits per heavy atom. The van der Waals surface area contributed by atoms with E-state index in [9.17, 15) is 19.2 Å². The standard InChI is InChI=1S/C34H48N8O6S/c1-17(2)27(39-33(45)47-7)31(43)41-15-19(5)11-23(41)29-35-13-21(37-29)25-9-10-26(49-25)22-14-36-30(38-22)24-12-20(6)16-42(24)32(44)28(18(3)4)40-34(46)48-8/h9-10,13-14,17-20,23-24,27-28H,11-12,15-16H2,1-8H3,(H,35,37)(H,36,38)(H,39,45)(H,40,46)/t19-,20-,23-,24-,27-,28-/m0/s1. The Labute approximate surface area is 290 Å². The monoisotopic (exact) mass is 696 g/mol. The number of amides is 4. The summed E-state index contributed by atoms with van der Waals surface area (Å²) in [4.78, 5) is 73.2. The van der Waals surface area contributed by atoms with E-state index in [1.165, 1.54) is 14.2 Å². The van der Waals surface area contributed by atoms with E-state index >= 15 is 0 Å². The van der Waals surface area contributed by atoms with Crippen LogP contribution in [-0.4, -0.2) is 93.1 Å². The van der Waals surface area contributed by atoms with E-state index < -0.39 is 24.3 Å². The first-order valence-corrected chi connectivity index (χ1v) is 17.6. The minimum Gasteiger partial charge on any atom is -0.453 e. The smallest absolute Gasteiger partial charge is 0.407 e. The molecule has 0 aliphatic carbocycles. The molecule has 2 aliphatic heterocycles. The molecule has 0 unspecified atom stereocenters. The lowest BCUT2D eigenvalue weighted by Crippen LogP contribution is -2.51. The molecule has 2 fully saturated rings. The van der Waals surface area contributed by atoms with Gasteiger partial charge in [0.05, 0.1) is 47.4 Å². The normalized spacial score (nSPS) is 22.0. The number of hydrogen-bond acceptors (Lipinski definition) is 9. The second-order valence-corrected chi connectivity index (χ2v) is 15.0. The summed E-state index contributed by atoms with van der Waals surface area (Å²) in [6.07, 6.45) is 3.95. The van der Waals surface area contributed by atoms with E-state index in [0.717, 1.165) is 34.0 Å². The average molecular weight is 697 g/mol. The Morgan fingerprint density at radius 1 is 0.755 bits per heavy atom. The number of nitrogens with one attached hydrogen (secondary N) is 4. The SMILES string of the molecule is COC(=O)N[C@H](C(=O)N1C[C@@H](C)C[C@H]1c1nc(-c2ccc(-c3c[nH]c([C@@H]4C[C@H](C)CN4C(=O)[C@@H](NC(=O)OC)C(C)C)n3)s2)c[nH]1)C(C)C. The molecule has 0 radical (unpaired) electrons. The van der Waals surface area contributed by atoms with Crippen molar-refractivity contribution in [2.75, 3.05) is 27.3 Å². The zero-order chi connectivity index (χ0) is 35.6. The predicted molar refractivity (Wildman–Crippen MR) is 184 cm³/mol. The van der Waals surface area contributed by atoms with Crippen LogP contribution in [0.2, 0.25) is 0 Å². The number of thiophene rings is 1. The average Bonchev–Trinajstić information content (AvgIpc) is 3.90. The third-order valence-corrected chi connectivity index (χ3v) is 10.4. The lowest BCUT2D eigenvalue weighted by molar-refractivity contribution is -0.136. The highest BCUT2D eigenvalue weighted by atomic mass is 32.1. The number of aromatic amines is 2. The topological polar surface area (TPSA) is 175 Å². The summed E-state index contributed by atoms with van der Waals surface area (Å²) in [5, 5.41) is 5.40. The lowest BCUT2D eigenvalue weighted by Gasteiger charge is -2.30. The maximum absolute atomic E-state index is 13.7. The number of carbonyl (C=O) groups excluding carboxylic acids is 4. The molecule has 2 aliphatic rings. The number of H-pyrrole nitrogens is 2.